The molecule has 0 saturated carbocycles. The van der Waals surface area contributed by atoms with Crippen molar-refractivity contribution in [1.29, 1.82) is 0 Å². The van der Waals surface area contributed by atoms with Crippen LogP contribution in [0.1, 0.15) is 39.0 Å². The summed E-state index contributed by atoms with van der Waals surface area (Å²) in [5, 5.41) is 4.87. The molecule has 0 aliphatic carbocycles. The number of carbonyl (C=O) groups is 4. The first-order chi connectivity index (χ1) is 18.4. The lowest BCUT2D eigenvalue weighted by atomic mass is 10.0. The zero-order valence-electron chi connectivity index (χ0n) is 21.6. The number of amides is 4. The number of piperidine rings is 1. The average molecular weight is 578 g/mol. The topological polar surface area (TPSA) is 159 Å². The minimum atomic E-state index is -3.99. The molecule has 11 nitrogen and oxygen atoms in total. The summed E-state index contributed by atoms with van der Waals surface area (Å²) in [7, 11) is -3.99. The van der Waals surface area contributed by atoms with Crippen LogP contribution in [0.25, 0.3) is 10.8 Å². The first kappa shape index (κ1) is 28.8. The Bertz CT molecular complexity index is 1400. The van der Waals surface area contributed by atoms with E-state index in [1.54, 1.807) is 36.1 Å². The number of carbonyl (C=O) groups excluding carboxylic acids is 4. The molecular formula is C26H32ClN5O6S. The van der Waals surface area contributed by atoms with Gasteiger partial charge in [0.1, 0.15) is 12.1 Å². The highest BCUT2D eigenvalue weighted by molar-refractivity contribution is 7.89. The number of sulfonamides is 1. The van der Waals surface area contributed by atoms with E-state index in [0.717, 1.165) is 5.39 Å². The highest BCUT2D eigenvalue weighted by Crippen LogP contribution is 2.24. The number of halogens is 1. The van der Waals surface area contributed by atoms with Crippen LogP contribution in [0.15, 0.2) is 41.3 Å². The van der Waals surface area contributed by atoms with Crippen molar-refractivity contribution < 1.29 is 27.6 Å². The molecule has 2 aliphatic rings. The summed E-state index contributed by atoms with van der Waals surface area (Å²) in [5.74, 6) is -1.59. The van der Waals surface area contributed by atoms with Gasteiger partial charge >= 0.3 is 0 Å². The Labute approximate surface area is 232 Å². The van der Waals surface area contributed by atoms with Crippen LogP contribution in [0.5, 0.6) is 0 Å². The molecule has 0 spiro atoms. The second-order valence-electron chi connectivity index (χ2n) is 9.98. The molecule has 4 amide bonds. The van der Waals surface area contributed by atoms with E-state index in [2.05, 4.69) is 10.0 Å². The summed E-state index contributed by atoms with van der Waals surface area (Å²) in [6.07, 6.45) is 1.54. The zero-order chi connectivity index (χ0) is 28.3. The molecule has 2 aromatic carbocycles. The number of hydrogen-bond donors (Lipinski definition) is 3. The smallest absolute Gasteiger partial charge is 0.245 e. The number of benzene rings is 2. The summed E-state index contributed by atoms with van der Waals surface area (Å²) in [5.41, 5.74) is 5.09. The number of likely N-dealkylation sites (tertiary alicyclic amines) is 2. The predicted molar refractivity (Wildman–Crippen MR) is 145 cm³/mol. The second kappa shape index (κ2) is 11.9. The minimum Gasteiger partial charge on any atom is -0.370 e. The van der Waals surface area contributed by atoms with Crippen LogP contribution in [0.2, 0.25) is 5.02 Å². The summed E-state index contributed by atoms with van der Waals surface area (Å²) in [6.45, 7) is 2.63. The Morgan fingerprint density at radius 3 is 2.54 bits per heavy atom. The van der Waals surface area contributed by atoms with Gasteiger partial charge in [-0.2, -0.15) is 4.72 Å². The van der Waals surface area contributed by atoms with Crippen LogP contribution in [-0.2, 0) is 29.2 Å². The highest BCUT2D eigenvalue weighted by atomic mass is 35.5. The first-order valence-electron chi connectivity index (χ1n) is 12.8. The highest BCUT2D eigenvalue weighted by Gasteiger charge is 2.40. The van der Waals surface area contributed by atoms with Crippen LogP contribution in [-0.4, -0.2) is 79.6 Å². The van der Waals surface area contributed by atoms with E-state index in [0.29, 0.717) is 29.8 Å². The Balaban J connectivity index is 1.36. The van der Waals surface area contributed by atoms with E-state index in [9.17, 15) is 27.6 Å². The Hall–Kier alpha value is -3.22. The first-order valence-corrected chi connectivity index (χ1v) is 14.7. The Morgan fingerprint density at radius 1 is 1.08 bits per heavy atom. The molecule has 2 aliphatic heterocycles. The van der Waals surface area contributed by atoms with Gasteiger partial charge in [0.15, 0.2) is 0 Å². The minimum absolute atomic E-state index is 0.0106. The van der Waals surface area contributed by atoms with Crippen molar-refractivity contribution >= 4 is 56.0 Å². The lowest BCUT2D eigenvalue weighted by molar-refractivity contribution is -0.144. The molecule has 0 radical (unpaired) electrons. The van der Waals surface area contributed by atoms with E-state index >= 15 is 0 Å². The van der Waals surface area contributed by atoms with Crippen LogP contribution in [0.4, 0.5) is 0 Å². The van der Waals surface area contributed by atoms with Gasteiger partial charge in [0, 0.05) is 43.5 Å². The van der Waals surface area contributed by atoms with Crippen molar-refractivity contribution in [3.05, 3.63) is 41.4 Å². The SMILES string of the molecule is C[C@@H](C(=O)N1CCCC(NC(=O)CCC(N)=O)C1)N1CC[C@H](NS(=O)(=O)c2ccc3cc(Cl)ccc3c2)C1=O. The maximum absolute atomic E-state index is 13.2. The van der Waals surface area contributed by atoms with Crippen molar-refractivity contribution in [3.8, 4) is 0 Å². The third-order valence-electron chi connectivity index (χ3n) is 7.14. The third-order valence-corrected chi connectivity index (χ3v) is 8.85. The number of primary amides is 1. The van der Waals surface area contributed by atoms with Gasteiger partial charge < -0.3 is 20.9 Å². The van der Waals surface area contributed by atoms with Gasteiger partial charge in [-0.05, 0) is 61.2 Å². The maximum atomic E-state index is 13.2. The standard InChI is InChI=1S/C26H32ClN5O6S/c1-16(25(35)31-11-2-3-20(15-31)29-24(34)9-8-23(28)33)32-12-10-22(26(32)36)30-39(37,38)21-7-5-17-13-19(27)6-4-18(17)14-21/h4-7,13-14,16,20,22,30H,2-3,8-12,15H2,1H3,(H2,28,33)(H,29,34)/t16-,20?,22-/m0/s1. The molecule has 3 atom stereocenters. The van der Waals surface area contributed by atoms with Gasteiger partial charge in [0.2, 0.25) is 33.7 Å². The monoisotopic (exact) mass is 577 g/mol. The summed E-state index contributed by atoms with van der Waals surface area (Å²) >= 11 is 6.01. The molecule has 39 heavy (non-hydrogen) atoms. The number of fused-ring (bicyclic) bond motifs is 1. The molecule has 2 heterocycles. The molecule has 0 bridgehead atoms. The fraction of sp³-hybridized carbons (Fsp3) is 0.462. The van der Waals surface area contributed by atoms with Crippen LogP contribution in [0, 0.1) is 0 Å². The molecular weight excluding hydrogens is 546 g/mol. The van der Waals surface area contributed by atoms with E-state index in [4.69, 9.17) is 17.3 Å². The Morgan fingerprint density at radius 2 is 1.79 bits per heavy atom. The number of rotatable bonds is 9. The molecule has 2 fully saturated rings. The predicted octanol–water partition coefficient (Wildman–Crippen LogP) is 1.13. The zero-order valence-corrected chi connectivity index (χ0v) is 23.1. The molecule has 2 aromatic rings. The molecule has 13 heteroatoms. The maximum Gasteiger partial charge on any atom is 0.245 e. The number of nitrogens with two attached hydrogens (primary N) is 1. The fourth-order valence-electron chi connectivity index (χ4n) is 5.04. The molecule has 4 rings (SSSR count). The van der Waals surface area contributed by atoms with Gasteiger partial charge in [0.05, 0.1) is 4.90 Å². The van der Waals surface area contributed by atoms with Crippen LogP contribution in [0.3, 0.4) is 0 Å². The lowest BCUT2D eigenvalue weighted by Crippen LogP contribution is -2.55. The number of nitrogens with zero attached hydrogens (tertiary/aromatic N) is 2. The van der Waals surface area contributed by atoms with E-state index in [-0.39, 0.29) is 55.1 Å². The van der Waals surface area contributed by atoms with Gasteiger partial charge in [-0.15, -0.1) is 0 Å². The molecule has 1 unspecified atom stereocenters. The van der Waals surface area contributed by atoms with Gasteiger partial charge in [0.25, 0.3) is 0 Å². The molecule has 0 aromatic heterocycles. The molecule has 2 saturated heterocycles. The number of hydrogen-bond acceptors (Lipinski definition) is 6. The van der Waals surface area contributed by atoms with Crippen molar-refractivity contribution in [2.24, 2.45) is 5.73 Å². The van der Waals surface area contributed by atoms with Crippen molar-refractivity contribution in [3.63, 3.8) is 0 Å². The summed E-state index contributed by atoms with van der Waals surface area (Å²) < 4.78 is 28.6. The van der Waals surface area contributed by atoms with Crippen LogP contribution >= 0.6 is 11.6 Å². The van der Waals surface area contributed by atoms with Crippen molar-refractivity contribution in [2.75, 3.05) is 19.6 Å². The van der Waals surface area contributed by atoms with Crippen LogP contribution < -0.4 is 15.8 Å². The lowest BCUT2D eigenvalue weighted by Gasteiger charge is -2.36. The second-order valence-corrected chi connectivity index (χ2v) is 12.1. The normalized spacial score (nSPS) is 20.7. The van der Waals surface area contributed by atoms with E-state index < -0.39 is 33.9 Å². The van der Waals surface area contributed by atoms with E-state index in [1.807, 2.05) is 0 Å². The third kappa shape index (κ3) is 6.87. The number of nitrogens with one attached hydrogen (secondary N) is 2. The fourth-order valence-corrected chi connectivity index (χ4v) is 6.48. The van der Waals surface area contributed by atoms with Gasteiger partial charge in [-0.25, -0.2) is 8.42 Å². The quantitative estimate of drug-likeness (QED) is 0.405. The summed E-state index contributed by atoms with van der Waals surface area (Å²) in [4.78, 5) is 52.4. The van der Waals surface area contributed by atoms with Gasteiger partial charge in [-0.1, -0.05) is 23.7 Å². The van der Waals surface area contributed by atoms with Crippen molar-refractivity contribution in [1.82, 2.24) is 19.8 Å². The molecule has 4 N–H and O–H groups in total. The van der Waals surface area contributed by atoms with E-state index in [1.165, 1.54) is 17.0 Å². The van der Waals surface area contributed by atoms with Gasteiger partial charge in [-0.3, -0.25) is 19.2 Å². The van der Waals surface area contributed by atoms with Crippen molar-refractivity contribution in [2.45, 2.75) is 62.0 Å². The molecule has 210 valence electrons. The average Bonchev–Trinajstić information content (AvgIpc) is 3.25. The Kier molecular flexibility index (Phi) is 8.77. The summed E-state index contributed by atoms with van der Waals surface area (Å²) in [6, 6.07) is 7.75. The largest absolute Gasteiger partial charge is 0.370 e.